The molecule has 8 heteroatoms. The van der Waals surface area contributed by atoms with Crippen LogP contribution in [0.2, 0.25) is 0 Å². The van der Waals surface area contributed by atoms with Gasteiger partial charge in [0.2, 0.25) is 0 Å². The lowest BCUT2D eigenvalue weighted by atomic mass is 10.3. The van der Waals surface area contributed by atoms with Gasteiger partial charge >= 0.3 is 20.2 Å². The molecule has 0 heterocycles. The maximum Gasteiger partial charge on any atom is 0.309 e. The van der Waals surface area contributed by atoms with Crippen LogP contribution in [0.25, 0.3) is 0 Å². The molecule has 0 spiro atoms. The molecule has 18 heavy (non-hydrogen) atoms. The van der Waals surface area contributed by atoms with E-state index in [1.54, 1.807) is 6.92 Å². The van der Waals surface area contributed by atoms with E-state index in [0.717, 1.165) is 6.26 Å². The summed E-state index contributed by atoms with van der Waals surface area (Å²) in [4.78, 5) is 0. The lowest BCUT2D eigenvalue weighted by molar-refractivity contribution is 0.478. The first kappa shape index (κ1) is 14.8. The quantitative estimate of drug-likeness (QED) is 0.731. The van der Waals surface area contributed by atoms with E-state index >= 15 is 0 Å². The van der Waals surface area contributed by atoms with Gasteiger partial charge < -0.3 is 8.37 Å². The lowest BCUT2D eigenvalue weighted by Gasteiger charge is -2.07. The minimum absolute atomic E-state index is 0.00157. The lowest BCUT2D eigenvalue weighted by Crippen LogP contribution is -2.13. The third-order valence-electron chi connectivity index (χ3n) is 1.73. The van der Waals surface area contributed by atoms with Crippen LogP contribution in [0.3, 0.4) is 0 Å². The first-order valence-corrected chi connectivity index (χ1v) is 8.53. The van der Waals surface area contributed by atoms with E-state index in [4.69, 9.17) is 4.18 Å². The van der Waals surface area contributed by atoms with Crippen molar-refractivity contribution in [3.63, 3.8) is 0 Å². The second-order valence-corrected chi connectivity index (χ2v) is 6.87. The molecule has 0 fully saturated rings. The molecule has 0 aliphatic carbocycles. The van der Waals surface area contributed by atoms with Crippen molar-refractivity contribution in [1.82, 2.24) is 0 Å². The van der Waals surface area contributed by atoms with Gasteiger partial charge in [0.1, 0.15) is 11.5 Å². The van der Waals surface area contributed by atoms with Gasteiger partial charge in [0, 0.05) is 6.07 Å². The molecular weight excluding hydrogens is 280 g/mol. The van der Waals surface area contributed by atoms with Crippen molar-refractivity contribution in [3.8, 4) is 11.5 Å². The number of benzene rings is 1. The van der Waals surface area contributed by atoms with E-state index < -0.39 is 20.2 Å². The van der Waals surface area contributed by atoms with Gasteiger partial charge in [0.15, 0.2) is 0 Å². The van der Waals surface area contributed by atoms with Gasteiger partial charge in [-0.2, -0.15) is 16.8 Å². The Bertz CT molecular complexity index is 603. The second-order valence-electron chi connectivity index (χ2n) is 3.61. The molecule has 0 radical (unpaired) electrons. The summed E-state index contributed by atoms with van der Waals surface area (Å²) in [5.41, 5.74) is 0. The average Bonchev–Trinajstić information content (AvgIpc) is 2.13. The van der Waals surface area contributed by atoms with E-state index in [1.165, 1.54) is 24.3 Å². The molecule has 1 rings (SSSR count). The molecule has 0 aromatic heterocycles. The topological polar surface area (TPSA) is 86.7 Å². The summed E-state index contributed by atoms with van der Waals surface area (Å²) in [5.74, 6) is -0.0873. The highest BCUT2D eigenvalue weighted by molar-refractivity contribution is 7.87. The van der Waals surface area contributed by atoms with Crippen LogP contribution in [0.4, 0.5) is 0 Å². The van der Waals surface area contributed by atoms with Gasteiger partial charge in [-0.05, 0) is 18.6 Å². The highest BCUT2D eigenvalue weighted by Gasteiger charge is 2.12. The van der Waals surface area contributed by atoms with Crippen LogP contribution in [-0.4, -0.2) is 28.8 Å². The molecule has 102 valence electrons. The molecule has 0 amide bonds. The molecule has 0 unspecified atom stereocenters. The maximum absolute atomic E-state index is 11.4. The highest BCUT2D eigenvalue weighted by atomic mass is 32.2. The van der Waals surface area contributed by atoms with Gasteiger partial charge in [-0.3, -0.25) is 0 Å². The van der Waals surface area contributed by atoms with Crippen LogP contribution < -0.4 is 8.37 Å². The third-order valence-corrected chi connectivity index (χ3v) is 3.58. The van der Waals surface area contributed by atoms with Gasteiger partial charge in [-0.15, -0.1) is 0 Å². The first-order chi connectivity index (χ1) is 8.22. The monoisotopic (exact) mass is 294 g/mol. The molecule has 0 bridgehead atoms. The molecule has 0 N–H and O–H groups in total. The number of rotatable bonds is 6. The summed E-state index contributed by atoms with van der Waals surface area (Å²) in [6, 6.07) is 5.44. The van der Waals surface area contributed by atoms with Crippen LogP contribution in [-0.2, 0) is 20.2 Å². The first-order valence-electron chi connectivity index (χ1n) is 5.13. The van der Waals surface area contributed by atoms with Gasteiger partial charge in [0.25, 0.3) is 0 Å². The second kappa shape index (κ2) is 5.57. The fourth-order valence-corrected chi connectivity index (χ4v) is 2.62. The van der Waals surface area contributed by atoms with Crippen LogP contribution >= 0.6 is 0 Å². The fourth-order valence-electron chi connectivity index (χ4n) is 1.19. The van der Waals surface area contributed by atoms with E-state index in [-0.39, 0.29) is 17.3 Å². The average molecular weight is 294 g/mol. The third kappa shape index (κ3) is 5.37. The zero-order valence-electron chi connectivity index (χ0n) is 9.99. The molecular formula is C10H14O6S2. The SMILES string of the molecule is CCCS(=O)(=O)Oc1cccc(OS(C)(=O)=O)c1. The van der Waals surface area contributed by atoms with Crippen molar-refractivity contribution in [2.45, 2.75) is 13.3 Å². The zero-order chi connectivity index (χ0) is 13.8. The highest BCUT2D eigenvalue weighted by Crippen LogP contribution is 2.22. The summed E-state index contributed by atoms with van der Waals surface area (Å²) in [6.45, 7) is 1.71. The predicted molar refractivity (Wildman–Crippen MR) is 66.6 cm³/mol. The van der Waals surface area contributed by atoms with E-state index in [2.05, 4.69) is 4.18 Å². The minimum Gasteiger partial charge on any atom is -0.382 e. The number of hydrogen-bond acceptors (Lipinski definition) is 6. The Hall–Kier alpha value is -1.28. The summed E-state index contributed by atoms with van der Waals surface area (Å²) < 4.78 is 54.1. The largest absolute Gasteiger partial charge is 0.382 e. The van der Waals surface area contributed by atoms with Crippen molar-refractivity contribution >= 4 is 20.2 Å². The Balaban J connectivity index is 2.90. The Morgan fingerprint density at radius 1 is 1.06 bits per heavy atom. The molecule has 0 saturated carbocycles. The number of hydrogen-bond donors (Lipinski definition) is 0. The van der Waals surface area contributed by atoms with E-state index in [1.807, 2.05) is 0 Å². The summed E-state index contributed by atoms with van der Waals surface area (Å²) >= 11 is 0. The standard InChI is InChI=1S/C10H14O6S2/c1-3-7-18(13,14)16-10-6-4-5-9(8-10)15-17(2,11)12/h4-6,8H,3,7H2,1-2H3. The Kier molecular flexibility index (Phi) is 4.58. The van der Waals surface area contributed by atoms with Crippen molar-refractivity contribution in [1.29, 1.82) is 0 Å². The molecule has 6 nitrogen and oxygen atoms in total. The van der Waals surface area contributed by atoms with Crippen LogP contribution in [0.15, 0.2) is 24.3 Å². The molecule has 1 aromatic rings. The molecule has 0 saturated heterocycles. The zero-order valence-corrected chi connectivity index (χ0v) is 11.6. The van der Waals surface area contributed by atoms with Crippen molar-refractivity contribution in [2.75, 3.05) is 12.0 Å². The fraction of sp³-hybridized carbons (Fsp3) is 0.400. The summed E-state index contributed by atoms with van der Waals surface area (Å²) in [5, 5.41) is 0. The van der Waals surface area contributed by atoms with Gasteiger partial charge in [-0.1, -0.05) is 13.0 Å². The summed E-state index contributed by atoms with van der Waals surface area (Å²) in [6.07, 6.45) is 1.33. The van der Waals surface area contributed by atoms with Crippen molar-refractivity contribution in [2.24, 2.45) is 0 Å². The van der Waals surface area contributed by atoms with Crippen LogP contribution in [0.1, 0.15) is 13.3 Å². The molecule has 0 aliphatic heterocycles. The smallest absolute Gasteiger partial charge is 0.309 e. The van der Waals surface area contributed by atoms with E-state index in [9.17, 15) is 16.8 Å². The van der Waals surface area contributed by atoms with Gasteiger partial charge in [-0.25, -0.2) is 0 Å². The Morgan fingerprint density at radius 2 is 1.61 bits per heavy atom. The van der Waals surface area contributed by atoms with Crippen molar-refractivity contribution in [3.05, 3.63) is 24.3 Å². The maximum atomic E-state index is 11.4. The molecule has 0 aliphatic rings. The van der Waals surface area contributed by atoms with Crippen LogP contribution in [0.5, 0.6) is 11.5 Å². The van der Waals surface area contributed by atoms with Crippen LogP contribution in [0, 0.1) is 0 Å². The predicted octanol–water partition coefficient (Wildman–Crippen LogP) is 1.14. The molecule has 1 aromatic carbocycles. The van der Waals surface area contributed by atoms with Gasteiger partial charge in [0.05, 0.1) is 12.0 Å². The Labute approximate surface area is 107 Å². The van der Waals surface area contributed by atoms with Crippen molar-refractivity contribution < 1.29 is 25.2 Å². The Morgan fingerprint density at radius 3 is 2.11 bits per heavy atom. The molecule has 0 atom stereocenters. The normalized spacial score (nSPS) is 12.1. The van der Waals surface area contributed by atoms with E-state index in [0.29, 0.717) is 6.42 Å². The summed E-state index contributed by atoms with van der Waals surface area (Å²) in [7, 11) is -7.30. The minimum atomic E-state index is -3.65.